The average molecular weight is 410 g/mol. The van der Waals surface area contributed by atoms with Crippen molar-refractivity contribution in [2.24, 2.45) is 10.9 Å². The van der Waals surface area contributed by atoms with Gasteiger partial charge in [0.2, 0.25) is 0 Å². The van der Waals surface area contributed by atoms with Crippen LogP contribution in [0, 0.1) is 5.92 Å². The van der Waals surface area contributed by atoms with Crippen molar-refractivity contribution in [3.63, 3.8) is 0 Å². The molecule has 0 radical (unpaired) electrons. The van der Waals surface area contributed by atoms with E-state index < -0.39 is 0 Å². The highest BCUT2D eigenvalue weighted by molar-refractivity contribution is 14.0. The van der Waals surface area contributed by atoms with E-state index in [1.165, 1.54) is 38.8 Å². The summed E-state index contributed by atoms with van der Waals surface area (Å²) in [7, 11) is 1.85. The van der Waals surface area contributed by atoms with Gasteiger partial charge in [-0.1, -0.05) is 26.7 Å². The lowest BCUT2D eigenvalue weighted by Gasteiger charge is -2.34. The molecule has 0 saturated carbocycles. The number of nitrogens with zero attached hydrogens (tertiary/aromatic N) is 2. The van der Waals surface area contributed by atoms with E-state index in [9.17, 15) is 0 Å². The number of hydrogen-bond acceptors (Lipinski definition) is 2. The number of rotatable bonds is 7. The molecule has 126 valence electrons. The molecule has 1 aliphatic rings. The van der Waals surface area contributed by atoms with Gasteiger partial charge in [-0.25, -0.2) is 0 Å². The van der Waals surface area contributed by atoms with Gasteiger partial charge < -0.3 is 10.6 Å². The molecule has 0 aromatic heterocycles. The number of likely N-dealkylation sites (tertiary alicyclic amines) is 1. The molecule has 0 bridgehead atoms. The van der Waals surface area contributed by atoms with Gasteiger partial charge in [-0.15, -0.1) is 24.0 Å². The summed E-state index contributed by atoms with van der Waals surface area (Å²) in [5, 5.41) is 6.89. The van der Waals surface area contributed by atoms with Crippen LogP contribution in [0.25, 0.3) is 0 Å². The van der Waals surface area contributed by atoms with Gasteiger partial charge in [-0.2, -0.15) is 0 Å². The third kappa shape index (κ3) is 7.17. The second kappa shape index (κ2) is 11.5. The van der Waals surface area contributed by atoms with Gasteiger partial charge in [0.25, 0.3) is 0 Å². The fourth-order valence-corrected chi connectivity index (χ4v) is 3.17. The van der Waals surface area contributed by atoms with Gasteiger partial charge in [0.1, 0.15) is 0 Å². The molecule has 1 saturated heterocycles. The summed E-state index contributed by atoms with van der Waals surface area (Å²) in [6.45, 7) is 12.4. The maximum atomic E-state index is 4.31. The first-order valence-corrected chi connectivity index (χ1v) is 8.33. The standard InChI is InChI=1S/C16H34N4.HI/c1-6-14(7-2)15(20-10-8-9-11-20)12-18-16(17-5)19-13(3)4;/h13-15H,6-12H2,1-5H3,(H2,17,18,19);1H. The molecule has 1 unspecified atom stereocenters. The minimum absolute atomic E-state index is 0. The Bertz CT molecular complexity index is 282. The zero-order valence-electron chi connectivity index (χ0n) is 14.5. The van der Waals surface area contributed by atoms with Gasteiger partial charge in [0.05, 0.1) is 0 Å². The summed E-state index contributed by atoms with van der Waals surface area (Å²) < 4.78 is 0. The highest BCUT2D eigenvalue weighted by Gasteiger charge is 2.27. The molecule has 1 aliphatic heterocycles. The number of nitrogens with one attached hydrogen (secondary N) is 2. The summed E-state index contributed by atoms with van der Waals surface area (Å²) in [6.07, 6.45) is 5.23. The van der Waals surface area contributed by atoms with Crippen LogP contribution in [0.4, 0.5) is 0 Å². The van der Waals surface area contributed by atoms with E-state index in [0.29, 0.717) is 12.1 Å². The van der Waals surface area contributed by atoms with Crippen molar-refractivity contribution in [2.45, 2.75) is 65.5 Å². The van der Waals surface area contributed by atoms with Crippen molar-refractivity contribution in [1.29, 1.82) is 0 Å². The van der Waals surface area contributed by atoms with E-state index in [2.05, 4.69) is 48.2 Å². The Morgan fingerprint density at radius 1 is 1.14 bits per heavy atom. The molecule has 4 nitrogen and oxygen atoms in total. The van der Waals surface area contributed by atoms with Crippen molar-refractivity contribution in [3.05, 3.63) is 0 Å². The van der Waals surface area contributed by atoms with Crippen LogP contribution in [-0.4, -0.2) is 49.6 Å². The average Bonchev–Trinajstić information content (AvgIpc) is 2.95. The van der Waals surface area contributed by atoms with E-state index >= 15 is 0 Å². The number of aliphatic imine (C=N–C) groups is 1. The highest BCUT2D eigenvalue weighted by atomic mass is 127. The van der Waals surface area contributed by atoms with Crippen molar-refractivity contribution in [3.8, 4) is 0 Å². The fraction of sp³-hybridized carbons (Fsp3) is 0.938. The Labute approximate surface area is 148 Å². The molecule has 0 aromatic rings. The highest BCUT2D eigenvalue weighted by Crippen LogP contribution is 2.22. The Kier molecular flexibility index (Phi) is 11.5. The first kappa shape index (κ1) is 21.0. The topological polar surface area (TPSA) is 39.7 Å². The first-order chi connectivity index (χ1) is 9.62. The normalized spacial score (nSPS) is 18.0. The number of hydrogen-bond donors (Lipinski definition) is 2. The summed E-state index contributed by atoms with van der Waals surface area (Å²) >= 11 is 0. The van der Waals surface area contributed by atoms with E-state index in [1.54, 1.807) is 0 Å². The molecular formula is C16H35IN4. The monoisotopic (exact) mass is 410 g/mol. The Morgan fingerprint density at radius 3 is 2.14 bits per heavy atom. The lowest BCUT2D eigenvalue weighted by atomic mass is 9.93. The third-order valence-corrected chi connectivity index (χ3v) is 4.33. The summed E-state index contributed by atoms with van der Waals surface area (Å²) in [5.74, 6) is 1.70. The molecule has 1 heterocycles. The van der Waals surface area contributed by atoms with E-state index in [1.807, 2.05) is 7.05 Å². The molecule has 1 fully saturated rings. The Hall–Kier alpha value is -0.0400. The molecule has 5 heteroatoms. The zero-order chi connectivity index (χ0) is 15.0. The van der Waals surface area contributed by atoms with Crippen LogP contribution in [0.2, 0.25) is 0 Å². The van der Waals surface area contributed by atoms with Crippen molar-refractivity contribution < 1.29 is 0 Å². The molecule has 1 atom stereocenters. The van der Waals surface area contributed by atoms with Crippen molar-refractivity contribution in [1.82, 2.24) is 15.5 Å². The lowest BCUT2D eigenvalue weighted by Crippen LogP contribution is -2.50. The zero-order valence-corrected chi connectivity index (χ0v) is 16.8. The van der Waals surface area contributed by atoms with E-state index in [-0.39, 0.29) is 24.0 Å². The molecular weight excluding hydrogens is 375 g/mol. The minimum Gasteiger partial charge on any atom is -0.355 e. The summed E-state index contributed by atoms with van der Waals surface area (Å²) in [4.78, 5) is 6.99. The van der Waals surface area contributed by atoms with Gasteiger partial charge in [0, 0.05) is 25.7 Å². The van der Waals surface area contributed by atoms with Crippen LogP contribution in [0.15, 0.2) is 4.99 Å². The molecule has 2 N–H and O–H groups in total. The van der Waals surface area contributed by atoms with Crippen LogP contribution in [0.3, 0.4) is 0 Å². The van der Waals surface area contributed by atoms with Crippen LogP contribution in [0.5, 0.6) is 0 Å². The molecule has 0 spiro atoms. The smallest absolute Gasteiger partial charge is 0.191 e. The quantitative estimate of drug-likeness (QED) is 0.385. The first-order valence-electron chi connectivity index (χ1n) is 8.33. The third-order valence-electron chi connectivity index (χ3n) is 4.33. The van der Waals surface area contributed by atoms with Crippen LogP contribution in [-0.2, 0) is 0 Å². The largest absolute Gasteiger partial charge is 0.355 e. The number of guanidine groups is 1. The predicted molar refractivity (Wildman–Crippen MR) is 104 cm³/mol. The fourth-order valence-electron chi connectivity index (χ4n) is 3.17. The second-order valence-electron chi connectivity index (χ2n) is 6.14. The molecule has 21 heavy (non-hydrogen) atoms. The second-order valence-corrected chi connectivity index (χ2v) is 6.14. The Balaban J connectivity index is 0.00000400. The molecule has 0 amide bonds. The maximum Gasteiger partial charge on any atom is 0.191 e. The molecule has 0 aliphatic carbocycles. The van der Waals surface area contributed by atoms with Crippen molar-refractivity contribution in [2.75, 3.05) is 26.7 Å². The SMILES string of the molecule is CCC(CC)C(CNC(=NC)NC(C)C)N1CCCC1.I. The summed E-state index contributed by atoms with van der Waals surface area (Å²) in [6, 6.07) is 1.05. The van der Waals surface area contributed by atoms with Crippen LogP contribution >= 0.6 is 24.0 Å². The minimum atomic E-state index is 0. The van der Waals surface area contributed by atoms with E-state index in [0.717, 1.165) is 18.4 Å². The van der Waals surface area contributed by atoms with Gasteiger partial charge in [-0.05, 0) is 45.7 Å². The Morgan fingerprint density at radius 2 is 1.71 bits per heavy atom. The van der Waals surface area contributed by atoms with E-state index in [4.69, 9.17) is 0 Å². The van der Waals surface area contributed by atoms with Crippen LogP contribution in [0.1, 0.15) is 53.4 Å². The van der Waals surface area contributed by atoms with Gasteiger partial charge in [-0.3, -0.25) is 9.89 Å². The molecule has 1 rings (SSSR count). The maximum absolute atomic E-state index is 4.31. The van der Waals surface area contributed by atoms with Crippen molar-refractivity contribution >= 4 is 29.9 Å². The van der Waals surface area contributed by atoms with Gasteiger partial charge in [0.15, 0.2) is 5.96 Å². The molecule has 0 aromatic carbocycles. The van der Waals surface area contributed by atoms with Gasteiger partial charge >= 0.3 is 0 Å². The number of halogens is 1. The lowest BCUT2D eigenvalue weighted by molar-refractivity contribution is 0.166. The van der Waals surface area contributed by atoms with Crippen LogP contribution < -0.4 is 10.6 Å². The predicted octanol–water partition coefficient (Wildman–Crippen LogP) is 3.08. The summed E-state index contributed by atoms with van der Waals surface area (Å²) in [5.41, 5.74) is 0.